The lowest BCUT2D eigenvalue weighted by molar-refractivity contribution is -0.115. The van der Waals surface area contributed by atoms with Gasteiger partial charge in [0.15, 0.2) is 14.6 Å². The maximum Gasteiger partial charge on any atom is 0.263 e. The van der Waals surface area contributed by atoms with Crippen LogP contribution in [-0.4, -0.2) is 31.8 Å². The molecule has 0 aliphatic heterocycles. The van der Waals surface area contributed by atoms with E-state index in [1.807, 2.05) is 0 Å². The van der Waals surface area contributed by atoms with E-state index in [0.29, 0.717) is 26.1 Å². The van der Waals surface area contributed by atoms with Crippen molar-refractivity contribution in [3.8, 4) is 5.75 Å². The molecule has 1 heterocycles. The number of aryl methyl sites for hydroxylation is 1. The van der Waals surface area contributed by atoms with E-state index in [1.54, 1.807) is 23.7 Å². The summed E-state index contributed by atoms with van der Waals surface area (Å²) in [6, 6.07) is 9.25. The number of fused-ring (bicyclic) bond motifs is 1. The lowest BCUT2D eigenvalue weighted by Gasteiger charge is -2.03. The summed E-state index contributed by atoms with van der Waals surface area (Å²) in [5, 5.41) is 0.741. The third kappa shape index (κ3) is 4.03. The van der Waals surface area contributed by atoms with Crippen molar-refractivity contribution in [1.82, 2.24) is 4.57 Å². The van der Waals surface area contributed by atoms with E-state index in [2.05, 4.69) is 4.99 Å². The molecule has 0 unspecified atom stereocenters. The molecular weight excluding hydrogens is 431 g/mol. The maximum atomic E-state index is 12.4. The van der Waals surface area contributed by atoms with Crippen molar-refractivity contribution in [2.75, 3.05) is 12.9 Å². The van der Waals surface area contributed by atoms with Crippen LogP contribution < -0.4 is 9.54 Å². The average Bonchev–Trinajstić information content (AvgIpc) is 2.94. The highest BCUT2D eigenvalue weighted by atomic mass is 35.5. The normalized spacial score (nSPS) is 12.5. The number of aromatic nitrogens is 1. The molecular formula is C17H14Cl2N2O4S2. The molecule has 27 heavy (non-hydrogen) atoms. The molecule has 0 radical (unpaired) electrons. The van der Waals surface area contributed by atoms with Gasteiger partial charge in [0.25, 0.3) is 5.91 Å². The van der Waals surface area contributed by atoms with Crippen molar-refractivity contribution >= 4 is 60.5 Å². The minimum Gasteiger partial charge on any atom is -0.497 e. The molecule has 0 bridgehead atoms. The van der Waals surface area contributed by atoms with E-state index < -0.39 is 21.5 Å². The number of carbonyl (C=O) groups is 1. The molecule has 2 aromatic carbocycles. The Morgan fingerprint density at radius 3 is 2.48 bits per heavy atom. The average molecular weight is 445 g/mol. The number of hydrogen-bond acceptors (Lipinski definition) is 5. The molecule has 3 rings (SSSR count). The SMILES string of the molecule is COc1ccc(S(=O)(=O)CC(=O)N=c2sc3ccc(Cl)c(Cl)c3n2C)cc1. The van der Waals surface area contributed by atoms with Crippen molar-refractivity contribution in [2.24, 2.45) is 12.0 Å². The molecule has 0 N–H and O–H groups in total. The molecule has 3 aromatic rings. The Morgan fingerprint density at radius 1 is 1.19 bits per heavy atom. The van der Waals surface area contributed by atoms with Gasteiger partial charge in [0.1, 0.15) is 11.5 Å². The third-order valence-electron chi connectivity index (χ3n) is 3.81. The van der Waals surface area contributed by atoms with Gasteiger partial charge in [-0.2, -0.15) is 4.99 Å². The summed E-state index contributed by atoms with van der Waals surface area (Å²) in [6.45, 7) is 0. The highest BCUT2D eigenvalue weighted by molar-refractivity contribution is 7.92. The molecule has 0 spiro atoms. The number of benzene rings is 2. The van der Waals surface area contributed by atoms with E-state index in [9.17, 15) is 13.2 Å². The number of methoxy groups -OCH3 is 1. The van der Waals surface area contributed by atoms with Crippen LogP contribution in [-0.2, 0) is 21.7 Å². The number of thiazole rings is 1. The molecule has 0 atom stereocenters. The Hall–Kier alpha value is -1.87. The number of carbonyl (C=O) groups excluding carboxylic acids is 1. The zero-order valence-corrected chi connectivity index (χ0v) is 17.4. The Morgan fingerprint density at radius 2 is 1.85 bits per heavy atom. The summed E-state index contributed by atoms with van der Waals surface area (Å²) in [5.74, 6) is -0.977. The summed E-state index contributed by atoms with van der Waals surface area (Å²) in [7, 11) is -0.645. The van der Waals surface area contributed by atoms with Gasteiger partial charge in [-0.3, -0.25) is 4.79 Å². The van der Waals surface area contributed by atoms with Crippen molar-refractivity contribution in [3.63, 3.8) is 0 Å². The lowest BCUT2D eigenvalue weighted by Crippen LogP contribution is -2.19. The van der Waals surface area contributed by atoms with Gasteiger partial charge in [0.05, 0.1) is 32.3 Å². The first kappa shape index (κ1) is 19.9. The number of hydrogen-bond donors (Lipinski definition) is 0. The predicted octanol–water partition coefficient (Wildman–Crippen LogP) is 3.46. The molecule has 0 fully saturated rings. The quantitative estimate of drug-likeness (QED) is 0.617. The monoisotopic (exact) mass is 444 g/mol. The van der Waals surface area contributed by atoms with Crippen molar-refractivity contribution in [3.05, 3.63) is 51.2 Å². The van der Waals surface area contributed by atoms with Crippen LogP contribution in [0.2, 0.25) is 10.0 Å². The topological polar surface area (TPSA) is 77.7 Å². The fourth-order valence-electron chi connectivity index (χ4n) is 2.45. The van der Waals surface area contributed by atoms with Gasteiger partial charge >= 0.3 is 0 Å². The fraction of sp³-hybridized carbons (Fsp3) is 0.176. The molecule has 0 saturated heterocycles. The van der Waals surface area contributed by atoms with Crippen molar-refractivity contribution in [2.45, 2.75) is 4.90 Å². The number of nitrogens with zero attached hydrogens (tertiary/aromatic N) is 2. The number of halogens is 2. The zero-order chi connectivity index (χ0) is 19.8. The van der Waals surface area contributed by atoms with Gasteiger partial charge < -0.3 is 9.30 Å². The number of amides is 1. The van der Waals surface area contributed by atoms with E-state index in [1.165, 1.54) is 42.7 Å². The fourth-order valence-corrected chi connectivity index (χ4v) is 5.10. The number of ether oxygens (including phenoxy) is 1. The summed E-state index contributed by atoms with van der Waals surface area (Å²) in [4.78, 5) is 16.6. The number of rotatable bonds is 4. The highest BCUT2D eigenvalue weighted by Crippen LogP contribution is 2.31. The second-order valence-electron chi connectivity index (χ2n) is 5.59. The summed E-state index contributed by atoms with van der Waals surface area (Å²) < 4.78 is 32.3. The predicted molar refractivity (Wildman–Crippen MR) is 106 cm³/mol. The molecule has 6 nitrogen and oxygen atoms in total. The molecule has 10 heteroatoms. The first-order valence-corrected chi connectivity index (χ1v) is 10.8. The van der Waals surface area contributed by atoms with Crippen LogP contribution in [0.4, 0.5) is 0 Å². The minimum atomic E-state index is -3.81. The number of sulfone groups is 1. The molecule has 0 aliphatic carbocycles. The molecule has 1 aromatic heterocycles. The second kappa shape index (κ2) is 7.63. The van der Waals surface area contributed by atoms with Crippen LogP contribution in [0, 0.1) is 0 Å². The Bertz CT molecular complexity index is 1200. The Balaban J connectivity index is 1.93. The minimum absolute atomic E-state index is 0.0300. The smallest absolute Gasteiger partial charge is 0.263 e. The van der Waals surface area contributed by atoms with Crippen LogP contribution in [0.3, 0.4) is 0 Å². The van der Waals surface area contributed by atoms with Gasteiger partial charge in [-0.05, 0) is 36.4 Å². The van der Waals surface area contributed by atoms with E-state index in [-0.39, 0.29) is 4.90 Å². The van der Waals surface area contributed by atoms with Crippen LogP contribution in [0.25, 0.3) is 10.2 Å². The second-order valence-corrected chi connectivity index (χ2v) is 9.38. The zero-order valence-electron chi connectivity index (χ0n) is 14.3. The summed E-state index contributed by atoms with van der Waals surface area (Å²) in [6.07, 6.45) is 0. The largest absolute Gasteiger partial charge is 0.497 e. The molecule has 0 saturated carbocycles. The first-order chi connectivity index (χ1) is 12.7. The molecule has 0 aliphatic rings. The lowest BCUT2D eigenvalue weighted by atomic mass is 10.3. The molecule has 142 valence electrons. The van der Waals surface area contributed by atoms with Crippen LogP contribution in [0.15, 0.2) is 46.3 Å². The maximum absolute atomic E-state index is 12.4. The van der Waals surface area contributed by atoms with Crippen LogP contribution in [0.5, 0.6) is 5.75 Å². The standard InChI is InChI=1S/C17H14Cl2N2O4S2/c1-21-16-13(8-7-12(18)15(16)19)26-17(21)20-14(22)9-27(23,24)11-5-3-10(25-2)4-6-11/h3-8H,9H2,1-2H3. The Kier molecular flexibility index (Phi) is 5.62. The highest BCUT2D eigenvalue weighted by Gasteiger charge is 2.20. The van der Waals surface area contributed by atoms with Gasteiger partial charge in [-0.15, -0.1) is 0 Å². The third-order valence-corrected chi connectivity index (χ3v) is 7.32. The van der Waals surface area contributed by atoms with E-state index in [4.69, 9.17) is 27.9 Å². The summed E-state index contributed by atoms with van der Waals surface area (Å²) in [5.41, 5.74) is 0.638. The van der Waals surface area contributed by atoms with Gasteiger partial charge in [0, 0.05) is 7.05 Å². The van der Waals surface area contributed by atoms with Crippen molar-refractivity contribution in [1.29, 1.82) is 0 Å². The van der Waals surface area contributed by atoms with Crippen LogP contribution >= 0.6 is 34.5 Å². The van der Waals surface area contributed by atoms with Gasteiger partial charge in [0.2, 0.25) is 0 Å². The molecule has 1 amide bonds. The van der Waals surface area contributed by atoms with E-state index in [0.717, 1.165) is 4.70 Å². The van der Waals surface area contributed by atoms with Crippen molar-refractivity contribution < 1.29 is 17.9 Å². The Labute approximate surface area is 169 Å². The first-order valence-electron chi connectivity index (χ1n) is 7.61. The van der Waals surface area contributed by atoms with Gasteiger partial charge in [-0.1, -0.05) is 34.5 Å². The van der Waals surface area contributed by atoms with Crippen LogP contribution in [0.1, 0.15) is 0 Å². The summed E-state index contributed by atoms with van der Waals surface area (Å²) >= 11 is 13.5. The van der Waals surface area contributed by atoms with Gasteiger partial charge in [-0.25, -0.2) is 8.42 Å². The van der Waals surface area contributed by atoms with E-state index >= 15 is 0 Å².